The van der Waals surface area contributed by atoms with E-state index in [-0.39, 0.29) is 63.2 Å². The van der Waals surface area contributed by atoms with Crippen molar-refractivity contribution in [1.29, 1.82) is 0 Å². The third kappa shape index (κ3) is 11.3. The lowest BCUT2D eigenvalue weighted by molar-refractivity contribution is 0.305. The van der Waals surface area contributed by atoms with E-state index in [9.17, 15) is 8.78 Å². The summed E-state index contributed by atoms with van der Waals surface area (Å²) in [6.07, 6.45) is 2.00. The van der Waals surface area contributed by atoms with Crippen molar-refractivity contribution < 1.29 is 62.9 Å². The van der Waals surface area contributed by atoms with Crippen LogP contribution in [0.1, 0.15) is 97.9 Å². The van der Waals surface area contributed by atoms with Gasteiger partial charge in [0.25, 0.3) is 0 Å². The Morgan fingerprint density at radius 1 is 0.311 bits per heavy atom. The quantitative estimate of drug-likeness (QED) is 0.0418. The van der Waals surface area contributed by atoms with Crippen molar-refractivity contribution in [2.75, 3.05) is 26.4 Å². The molecule has 4 nitrogen and oxygen atoms in total. The van der Waals surface area contributed by atoms with Crippen LogP contribution in [0.15, 0.2) is 48.5 Å². The summed E-state index contributed by atoms with van der Waals surface area (Å²) >= 11 is 0. The minimum Gasteiger partial charge on any atom is -0.493 e. The second kappa shape index (κ2) is 22.6. The fourth-order valence-corrected chi connectivity index (χ4v) is 11.7. The fraction of sp³-hybridized carbons (Fsp3) is 0.379. The lowest BCUT2D eigenvalue weighted by Crippen LogP contribution is -2.38. The van der Waals surface area contributed by atoms with Gasteiger partial charge >= 0.3 is 0 Å². The zero-order chi connectivity index (χ0) is 54.1. The van der Waals surface area contributed by atoms with Gasteiger partial charge in [0, 0.05) is 25.7 Å². The average Bonchev–Trinajstić information content (AvgIpc) is 3.34. The largest absolute Gasteiger partial charge is 0.493 e. The Morgan fingerprint density at radius 2 is 0.500 bits per heavy atom. The number of ether oxygens (including phenoxy) is 4. The maximum Gasteiger partial charge on any atom is 0.200 e. The molecule has 8 bridgehead atoms. The van der Waals surface area contributed by atoms with Crippen molar-refractivity contribution in [3.05, 3.63) is 151 Å². The minimum atomic E-state index is -2.32. The topological polar surface area (TPSA) is 36.9 Å². The minimum absolute atomic E-state index is 0.0475. The van der Waals surface area contributed by atoms with Crippen molar-refractivity contribution in [2.24, 2.45) is 0 Å². The normalized spacial score (nSPS) is 12.8. The maximum atomic E-state index is 16.1. The molecule has 0 aromatic heterocycles. The van der Waals surface area contributed by atoms with Gasteiger partial charge in [-0.15, -0.1) is 0 Å². The Bertz CT molecular complexity index is 2750. The molecular formula is C58H62F10O4Si2. The number of hydrogen-bond donors (Lipinski definition) is 0. The Kier molecular flexibility index (Phi) is 17.1. The number of rotatable bonds is 16. The van der Waals surface area contributed by atoms with Crippen LogP contribution in [0, 0.1) is 58.2 Å². The summed E-state index contributed by atoms with van der Waals surface area (Å²) < 4.78 is 181. The molecule has 0 spiro atoms. The van der Waals surface area contributed by atoms with E-state index in [0.29, 0.717) is 93.2 Å². The number of fused-ring (bicyclic) bond motifs is 8. The number of halogens is 10. The molecule has 6 aromatic carbocycles. The summed E-state index contributed by atoms with van der Waals surface area (Å²) in [5, 5.41) is 1.83. The molecule has 6 aromatic rings. The van der Waals surface area contributed by atoms with Crippen molar-refractivity contribution in [2.45, 2.75) is 118 Å². The molecule has 0 radical (unpaired) electrons. The highest BCUT2D eigenvalue weighted by atomic mass is 28.3. The highest BCUT2D eigenvalue weighted by Gasteiger charge is 2.33. The van der Waals surface area contributed by atoms with Gasteiger partial charge in [-0.2, -0.15) is 0 Å². The Hall–Kier alpha value is -5.75. The second-order valence-corrected chi connectivity index (χ2v) is 31.1. The first kappa shape index (κ1) is 56.0. The average molecular weight is 1070 g/mol. The molecule has 0 heterocycles. The third-order valence-corrected chi connectivity index (χ3v) is 17.1. The molecule has 396 valence electrons. The predicted octanol–water partition coefficient (Wildman–Crippen LogP) is 15.3. The zero-order valence-electron chi connectivity index (χ0n) is 43.5. The monoisotopic (exact) mass is 1070 g/mol. The number of benzene rings is 6. The molecule has 0 aliphatic heterocycles. The van der Waals surface area contributed by atoms with Crippen LogP contribution in [-0.4, -0.2) is 42.6 Å². The molecule has 0 fully saturated rings. The van der Waals surface area contributed by atoms with E-state index in [1.807, 2.05) is 52.0 Å². The van der Waals surface area contributed by atoms with E-state index in [4.69, 9.17) is 18.9 Å². The van der Waals surface area contributed by atoms with Gasteiger partial charge in [0.05, 0.1) is 53.7 Å². The summed E-state index contributed by atoms with van der Waals surface area (Å²) in [5.41, 5.74) is 0.909. The SMILES string of the molecule is CCCOc1c2cc(-c3c(F)c(F)c(F)c(F)c3F)cc1Cc1cc([Si](C)(C)C)cc(c1OCCC)Cc1cc(-c3c(F)c(F)c(F)c(F)c3F)cc(c1OCCC)Cc1cc([Si](C)(C)C)cc(c1OCCC)C2. The van der Waals surface area contributed by atoms with Gasteiger partial charge in [0.2, 0.25) is 11.6 Å². The lowest BCUT2D eigenvalue weighted by Gasteiger charge is -2.27. The molecule has 0 unspecified atom stereocenters. The van der Waals surface area contributed by atoms with Gasteiger partial charge in [-0.25, -0.2) is 43.9 Å². The highest BCUT2D eigenvalue weighted by molar-refractivity contribution is 6.89. The van der Waals surface area contributed by atoms with E-state index < -0.39 is 85.4 Å². The molecule has 1 aliphatic rings. The fourth-order valence-electron chi connectivity index (χ4n) is 9.32. The molecular weight excluding hydrogens is 1010 g/mol. The van der Waals surface area contributed by atoms with Gasteiger partial charge in [0.1, 0.15) is 23.0 Å². The van der Waals surface area contributed by atoms with E-state index in [1.165, 1.54) is 24.3 Å². The third-order valence-electron chi connectivity index (χ3n) is 13.0. The smallest absolute Gasteiger partial charge is 0.200 e. The first-order chi connectivity index (χ1) is 34.9. The Labute approximate surface area is 429 Å². The van der Waals surface area contributed by atoms with Gasteiger partial charge in [0.15, 0.2) is 46.5 Å². The van der Waals surface area contributed by atoms with Crippen LogP contribution < -0.4 is 29.3 Å². The first-order valence-corrected chi connectivity index (χ1v) is 32.1. The molecule has 74 heavy (non-hydrogen) atoms. The van der Waals surface area contributed by atoms with Gasteiger partial charge in [-0.05, 0) is 106 Å². The van der Waals surface area contributed by atoms with Crippen molar-refractivity contribution in [3.63, 3.8) is 0 Å². The van der Waals surface area contributed by atoms with Crippen LogP contribution in [0.4, 0.5) is 43.9 Å². The first-order valence-electron chi connectivity index (χ1n) is 25.1. The van der Waals surface area contributed by atoms with E-state index in [0.717, 1.165) is 10.4 Å². The van der Waals surface area contributed by atoms with Crippen LogP contribution in [0.25, 0.3) is 22.3 Å². The second-order valence-electron chi connectivity index (χ2n) is 21.0. The van der Waals surface area contributed by atoms with Crippen molar-refractivity contribution in [3.8, 4) is 45.3 Å². The molecule has 0 amide bonds. The molecule has 0 saturated heterocycles. The summed E-state index contributed by atoms with van der Waals surface area (Å²) in [7, 11) is -4.64. The lowest BCUT2D eigenvalue weighted by atomic mass is 9.88. The summed E-state index contributed by atoms with van der Waals surface area (Å²) in [5.74, 6) is -19.5. The van der Waals surface area contributed by atoms with Crippen LogP contribution in [-0.2, 0) is 25.7 Å². The molecule has 7 rings (SSSR count). The van der Waals surface area contributed by atoms with Crippen LogP contribution in [0.3, 0.4) is 0 Å². The van der Waals surface area contributed by atoms with Crippen LogP contribution in [0.5, 0.6) is 23.0 Å². The predicted molar refractivity (Wildman–Crippen MR) is 277 cm³/mol. The Morgan fingerprint density at radius 3 is 0.689 bits per heavy atom. The molecule has 16 heteroatoms. The summed E-state index contributed by atoms with van der Waals surface area (Å²) in [4.78, 5) is 0. The zero-order valence-corrected chi connectivity index (χ0v) is 45.5. The number of hydrogen-bond acceptors (Lipinski definition) is 4. The van der Waals surface area contributed by atoms with Gasteiger partial charge in [-0.1, -0.05) is 102 Å². The molecule has 0 N–H and O–H groups in total. The van der Waals surface area contributed by atoms with E-state index in [1.54, 1.807) is 0 Å². The molecule has 0 saturated carbocycles. The molecule has 0 atom stereocenters. The summed E-state index contributed by atoms with van der Waals surface area (Å²) in [6, 6.07) is 13.4. The van der Waals surface area contributed by atoms with E-state index >= 15 is 35.1 Å². The van der Waals surface area contributed by atoms with Crippen LogP contribution in [0.2, 0.25) is 39.3 Å². The van der Waals surface area contributed by atoms with Gasteiger partial charge < -0.3 is 18.9 Å². The van der Waals surface area contributed by atoms with Crippen molar-refractivity contribution >= 4 is 26.5 Å². The Balaban J connectivity index is 1.71. The molecule has 1 aliphatic carbocycles. The summed E-state index contributed by atoms with van der Waals surface area (Å²) in [6.45, 7) is 21.1. The maximum absolute atomic E-state index is 16.1. The standard InChI is InChI=1S/C58H62F10O4Si2/c1-11-15-69-55-33-19-31(43-45(59)49(63)53(67)50(64)46(43)60)20-34(55)24-38-28-42(74(8,9)10)30-40(58(38)72-18-14-4)26-36-22-32(44-47(61)51(65)54(68)52(66)48(44)62)21-35(56(36)70-16-12-2)25-39-29-41(73(5,6)7)27-37(23-33)57(39)71-17-13-3/h19-22,27-30H,11-18,23-26H2,1-10H3. The van der Waals surface area contributed by atoms with E-state index in [2.05, 4.69) is 39.3 Å². The van der Waals surface area contributed by atoms with Gasteiger partial charge in [-0.3, -0.25) is 0 Å². The highest BCUT2D eigenvalue weighted by Crippen LogP contribution is 2.44. The van der Waals surface area contributed by atoms with Crippen LogP contribution >= 0.6 is 0 Å². The van der Waals surface area contributed by atoms with Crippen molar-refractivity contribution in [1.82, 2.24) is 0 Å².